The predicted octanol–water partition coefficient (Wildman–Crippen LogP) is 2.69. The number of amides is 2. The number of anilines is 1. The maximum atomic E-state index is 11.6. The van der Waals surface area contributed by atoms with Crippen molar-refractivity contribution in [1.29, 1.82) is 0 Å². The molecule has 2 amide bonds. The topological polar surface area (TPSA) is 72.2 Å². The van der Waals surface area contributed by atoms with Gasteiger partial charge in [0, 0.05) is 17.7 Å². The lowest BCUT2D eigenvalue weighted by Crippen LogP contribution is -2.13. The second kappa shape index (κ2) is 7.48. The molecule has 0 saturated carbocycles. The smallest absolute Gasteiger partial charge is 0.248 e. The Bertz CT molecular complexity index is 399. The molecule has 3 N–H and O–H groups in total. The molecule has 0 aliphatic heterocycles. The summed E-state index contributed by atoms with van der Waals surface area (Å²) in [6, 6.07) is 6.58. The summed E-state index contributed by atoms with van der Waals surface area (Å²) < 4.78 is 0. The molecule has 4 heteroatoms. The lowest BCUT2D eigenvalue weighted by Gasteiger charge is -2.05. The van der Waals surface area contributed by atoms with Crippen LogP contribution < -0.4 is 11.1 Å². The van der Waals surface area contributed by atoms with Crippen molar-refractivity contribution in [2.45, 2.75) is 39.0 Å². The lowest BCUT2D eigenvalue weighted by molar-refractivity contribution is -0.116. The van der Waals surface area contributed by atoms with Crippen LogP contribution in [0.2, 0.25) is 0 Å². The van der Waals surface area contributed by atoms with Gasteiger partial charge in [-0.3, -0.25) is 9.59 Å². The van der Waals surface area contributed by atoms with Gasteiger partial charge in [-0.15, -0.1) is 0 Å². The van der Waals surface area contributed by atoms with Crippen LogP contribution in [0.5, 0.6) is 0 Å². The molecular weight excluding hydrogens is 228 g/mol. The summed E-state index contributed by atoms with van der Waals surface area (Å²) in [4.78, 5) is 22.5. The minimum Gasteiger partial charge on any atom is -0.366 e. The van der Waals surface area contributed by atoms with Gasteiger partial charge in [0.2, 0.25) is 11.8 Å². The van der Waals surface area contributed by atoms with Gasteiger partial charge in [-0.1, -0.05) is 26.2 Å². The second-order valence-electron chi connectivity index (χ2n) is 4.30. The summed E-state index contributed by atoms with van der Waals surface area (Å²) in [5.74, 6) is -0.453. The van der Waals surface area contributed by atoms with Gasteiger partial charge in [0.05, 0.1) is 0 Å². The van der Waals surface area contributed by atoms with Crippen molar-refractivity contribution in [2.75, 3.05) is 5.32 Å². The molecule has 0 radical (unpaired) electrons. The van der Waals surface area contributed by atoms with Gasteiger partial charge in [0.1, 0.15) is 0 Å². The summed E-state index contributed by atoms with van der Waals surface area (Å²) in [7, 11) is 0. The van der Waals surface area contributed by atoms with Crippen LogP contribution in [0.15, 0.2) is 24.3 Å². The van der Waals surface area contributed by atoms with Crippen molar-refractivity contribution in [1.82, 2.24) is 0 Å². The summed E-state index contributed by atoms with van der Waals surface area (Å²) in [5, 5.41) is 2.79. The van der Waals surface area contributed by atoms with Crippen molar-refractivity contribution in [2.24, 2.45) is 5.73 Å². The van der Waals surface area contributed by atoms with E-state index in [4.69, 9.17) is 5.73 Å². The number of carbonyl (C=O) groups is 2. The zero-order valence-corrected chi connectivity index (χ0v) is 10.7. The minimum absolute atomic E-state index is 0.0120. The third kappa shape index (κ3) is 4.99. The molecule has 0 bridgehead atoms. The summed E-state index contributed by atoms with van der Waals surface area (Å²) in [6.07, 6.45) is 4.87. The molecule has 0 atom stereocenters. The molecule has 0 heterocycles. The number of carbonyl (C=O) groups excluding carboxylic acids is 2. The number of rotatable bonds is 7. The van der Waals surface area contributed by atoms with E-state index in [1.807, 2.05) is 0 Å². The molecule has 4 nitrogen and oxygen atoms in total. The largest absolute Gasteiger partial charge is 0.366 e. The van der Waals surface area contributed by atoms with Gasteiger partial charge >= 0.3 is 0 Å². The lowest BCUT2D eigenvalue weighted by atomic mass is 10.1. The van der Waals surface area contributed by atoms with Gasteiger partial charge in [-0.05, 0) is 30.7 Å². The molecule has 0 aliphatic carbocycles. The first-order valence-electron chi connectivity index (χ1n) is 6.33. The highest BCUT2D eigenvalue weighted by Crippen LogP contribution is 2.10. The number of unbranched alkanes of at least 4 members (excludes halogenated alkanes) is 3. The van der Waals surface area contributed by atoms with Crippen LogP contribution in [0, 0.1) is 0 Å². The van der Waals surface area contributed by atoms with Crippen molar-refractivity contribution < 1.29 is 9.59 Å². The van der Waals surface area contributed by atoms with Crippen LogP contribution in [0.25, 0.3) is 0 Å². The monoisotopic (exact) mass is 248 g/mol. The maximum absolute atomic E-state index is 11.6. The van der Waals surface area contributed by atoms with E-state index < -0.39 is 5.91 Å². The number of nitrogens with two attached hydrogens (primary N) is 1. The van der Waals surface area contributed by atoms with Gasteiger partial charge in [-0.25, -0.2) is 0 Å². The molecule has 0 aliphatic rings. The Morgan fingerprint density at radius 1 is 1.11 bits per heavy atom. The van der Waals surface area contributed by atoms with Crippen LogP contribution >= 0.6 is 0 Å². The molecule has 98 valence electrons. The Morgan fingerprint density at radius 2 is 1.78 bits per heavy atom. The Labute approximate surface area is 108 Å². The zero-order chi connectivity index (χ0) is 13.4. The van der Waals surface area contributed by atoms with E-state index in [1.54, 1.807) is 24.3 Å². The number of primary amides is 1. The van der Waals surface area contributed by atoms with Gasteiger partial charge in [0.15, 0.2) is 0 Å². The minimum atomic E-state index is -0.465. The standard InChI is InChI=1S/C14H20N2O2/c1-2-3-4-5-6-13(17)16-12-9-7-11(8-10-12)14(15)18/h7-10H,2-6H2,1H3,(H2,15,18)(H,16,17). The third-order valence-electron chi connectivity index (χ3n) is 2.71. The van der Waals surface area contributed by atoms with Gasteiger partial charge in [0.25, 0.3) is 0 Å². The molecule has 0 spiro atoms. The zero-order valence-electron chi connectivity index (χ0n) is 10.7. The SMILES string of the molecule is CCCCCCC(=O)Nc1ccc(C(N)=O)cc1. The number of hydrogen-bond donors (Lipinski definition) is 2. The number of benzene rings is 1. The van der Waals surface area contributed by atoms with Gasteiger partial charge < -0.3 is 11.1 Å². The van der Waals surface area contributed by atoms with Crippen molar-refractivity contribution in [3.63, 3.8) is 0 Å². The van der Waals surface area contributed by atoms with Crippen molar-refractivity contribution in [3.05, 3.63) is 29.8 Å². The summed E-state index contributed by atoms with van der Waals surface area (Å²) in [5.41, 5.74) is 6.27. The fraction of sp³-hybridized carbons (Fsp3) is 0.429. The average molecular weight is 248 g/mol. The first-order valence-corrected chi connectivity index (χ1v) is 6.33. The third-order valence-corrected chi connectivity index (χ3v) is 2.71. The van der Waals surface area contributed by atoms with E-state index in [0.717, 1.165) is 19.3 Å². The van der Waals surface area contributed by atoms with E-state index in [-0.39, 0.29) is 5.91 Å². The predicted molar refractivity (Wildman–Crippen MR) is 72.3 cm³/mol. The fourth-order valence-electron chi connectivity index (χ4n) is 1.65. The molecule has 1 rings (SSSR count). The van der Waals surface area contributed by atoms with Crippen LogP contribution in [-0.2, 0) is 4.79 Å². The highest BCUT2D eigenvalue weighted by atomic mass is 16.1. The van der Waals surface area contributed by atoms with Crippen molar-refractivity contribution in [3.8, 4) is 0 Å². The van der Waals surface area contributed by atoms with Crippen LogP contribution in [-0.4, -0.2) is 11.8 Å². The Hall–Kier alpha value is -1.84. The van der Waals surface area contributed by atoms with Crippen LogP contribution in [0.1, 0.15) is 49.4 Å². The molecule has 0 unspecified atom stereocenters. The van der Waals surface area contributed by atoms with E-state index in [9.17, 15) is 9.59 Å². The molecular formula is C14H20N2O2. The highest BCUT2D eigenvalue weighted by Gasteiger charge is 2.03. The molecule has 1 aromatic rings. The van der Waals surface area contributed by atoms with Crippen molar-refractivity contribution >= 4 is 17.5 Å². The van der Waals surface area contributed by atoms with E-state index >= 15 is 0 Å². The van der Waals surface area contributed by atoms with E-state index in [1.165, 1.54) is 6.42 Å². The normalized spacial score (nSPS) is 10.1. The molecule has 18 heavy (non-hydrogen) atoms. The van der Waals surface area contributed by atoms with Crippen LogP contribution in [0.4, 0.5) is 5.69 Å². The molecule has 0 aromatic heterocycles. The van der Waals surface area contributed by atoms with Crippen LogP contribution in [0.3, 0.4) is 0 Å². The molecule has 0 fully saturated rings. The Morgan fingerprint density at radius 3 is 2.33 bits per heavy atom. The molecule has 1 aromatic carbocycles. The highest BCUT2D eigenvalue weighted by molar-refractivity contribution is 5.94. The first kappa shape index (κ1) is 14.2. The quantitative estimate of drug-likeness (QED) is 0.728. The Balaban J connectivity index is 2.37. The summed E-state index contributed by atoms with van der Waals surface area (Å²) in [6.45, 7) is 2.14. The Kier molecular flexibility index (Phi) is 5.91. The number of hydrogen-bond acceptors (Lipinski definition) is 2. The number of nitrogens with one attached hydrogen (secondary N) is 1. The summed E-state index contributed by atoms with van der Waals surface area (Å²) >= 11 is 0. The first-order chi connectivity index (χ1) is 8.63. The average Bonchev–Trinajstić information content (AvgIpc) is 2.35. The fourth-order valence-corrected chi connectivity index (χ4v) is 1.65. The van der Waals surface area contributed by atoms with E-state index in [2.05, 4.69) is 12.2 Å². The second-order valence-corrected chi connectivity index (χ2v) is 4.30. The van der Waals surface area contributed by atoms with E-state index in [0.29, 0.717) is 17.7 Å². The molecule has 0 saturated heterocycles. The maximum Gasteiger partial charge on any atom is 0.248 e. The van der Waals surface area contributed by atoms with Gasteiger partial charge in [-0.2, -0.15) is 0 Å².